The lowest BCUT2D eigenvalue weighted by Gasteiger charge is -2.43. The summed E-state index contributed by atoms with van der Waals surface area (Å²) in [6.07, 6.45) is 2.21. The van der Waals surface area contributed by atoms with E-state index in [0.29, 0.717) is 17.6 Å². The summed E-state index contributed by atoms with van der Waals surface area (Å²) in [5, 5.41) is 10.5. The molecule has 0 saturated heterocycles. The number of aromatic hydroxyl groups is 1. The van der Waals surface area contributed by atoms with Crippen LogP contribution in [-0.4, -0.2) is 18.2 Å². The molecule has 0 saturated carbocycles. The number of hydrogen-bond acceptors (Lipinski definition) is 2. The monoisotopic (exact) mass is 341 g/mol. The van der Waals surface area contributed by atoms with Gasteiger partial charge in [0, 0.05) is 30.6 Å². The Balaban J connectivity index is 1.68. The van der Waals surface area contributed by atoms with Crippen LogP contribution in [0, 0.1) is 0 Å². The Bertz CT molecular complexity index is 847. The van der Waals surface area contributed by atoms with E-state index in [-0.39, 0.29) is 0 Å². The fourth-order valence-corrected chi connectivity index (χ4v) is 4.84. The first-order valence-corrected chi connectivity index (χ1v) is 9.53. The minimum atomic E-state index is 0.364. The van der Waals surface area contributed by atoms with Crippen LogP contribution in [0.2, 0.25) is 0 Å². The van der Waals surface area contributed by atoms with Crippen LogP contribution in [0.25, 0.3) is 0 Å². The number of benzene rings is 3. The Morgan fingerprint density at radius 1 is 0.692 bits per heavy atom. The van der Waals surface area contributed by atoms with Crippen molar-refractivity contribution in [2.45, 2.75) is 24.7 Å². The molecule has 2 heteroatoms. The third kappa shape index (κ3) is 2.48. The maximum atomic E-state index is 10.5. The maximum absolute atomic E-state index is 10.5. The van der Waals surface area contributed by atoms with Crippen LogP contribution in [0.15, 0.2) is 72.8 Å². The second-order valence-electron chi connectivity index (χ2n) is 7.46. The van der Waals surface area contributed by atoms with Gasteiger partial charge in [-0.3, -0.25) is 0 Å². The summed E-state index contributed by atoms with van der Waals surface area (Å²) >= 11 is 0. The van der Waals surface area contributed by atoms with E-state index in [1.165, 1.54) is 27.9 Å². The van der Waals surface area contributed by atoms with E-state index in [2.05, 4.69) is 65.6 Å². The summed E-state index contributed by atoms with van der Waals surface area (Å²) in [6, 6.07) is 25.5. The zero-order valence-electron chi connectivity index (χ0n) is 14.8. The van der Waals surface area contributed by atoms with Crippen LogP contribution >= 0.6 is 0 Å². The predicted octanol–water partition coefficient (Wildman–Crippen LogP) is 5.27. The first kappa shape index (κ1) is 15.5. The molecule has 0 aromatic heterocycles. The van der Waals surface area contributed by atoms with Crippen LogP contribution in [0.3, 0.4) is 0 Å². The fourth-order valence-electron chi connectivity index (χ4n) is 4.84. The molecule has 0 bridgehead atoms. The predicted molar refractivity (Wildman–Crippen MR) is 106 cm³/mol. The molecule has 0 spiro atoms. The van der Waals surface area contributed by atoms with Gasteiger partial charge in [-0.25, -0.2) is 0 Å². The highest BCUT2D eigenvalue weighted by Gasteiger charge is 2.34. The van der Waals surface area contributed by atoms with Crippen molar-refractivity contribution in [1.82, 2.24) is 0 Å². The van der Waals surface area contributed by atoms with Crippen molar-refractivity contribution in [1.29, 1.82) is 0 Å². The number of phenols is 1. The molecule has 130 valence electrons. The van der Waals surface area contributed by atoms with Gasteiger partial charge in [0.25, 0.3) is 0 Å². The van der Waals surface area contributed by atoms with E-state index in [9.17, 15) is 5.11 Å². The molecule has 3 aromatic carbocycles. The van der Waals surface area contributed by atoms with Gasteiger partial charge < -0.3 is 10.0 Å². The molecule has 0 radical (unpaired) electrons. The zero-order chi connectivity index (χ0) is 17.5. The van der Waals surface area contributed by atoms with Gasteiger partial charge in [0.2, 0.25) is 0 Å². The first-order chi connectivity index (χ1) is 12.8. The molecular weight excluding hydrogens is 318 g/mol. The molecule has 2 nitrogen and oxygen atoms in total. The van der Waals surface area contributed by atoms with Gasteiger partial charge >= 0.3 is 0 Å². The molecule has 2 unspecified atom stereocenters. The highest BCUT2D eigenvalue weighted by atomic mass is 16.3. The van der Waals surface area contributed by atoms with E-state index in [1.807, 2.05) is 12.1 Å². The van der Waals surface area contributed by atoms with Gasteiger partial charge in [0.05, 0.1) is 0 Å². The Morgan fingerprint density at radius 2 is 1.15 bits per heavy atom. The second-order valence-corrected chi connectivity index (χ2v) is 7.46. The van der Waals surface area contributed by atoms with Crippen molar-refractivity contribution in [2.24, 2.45) is 0 Å². The summed E-state index contributed by atoms with van der Waals surface area (Å²) in [7, 11) is 0. The summed E-state index contributed by atoms with van der Waals surface area (Å²) in [4.78, 5) is 2.53. The molecule has 2 heterocycles. The van der Waals surface area contributed by atoms with Crippen LogP contribution in [0.4, 0.5) is 5.69 Å². The average Bonchev–Trinajstić information content (AvgIpc) is 2.69. The number of anilines is 1. The minimum Gasteiger partial charge on any atom is -0.508 e. The number of rotatable bonds is 2. The molecule has 1 N–H and O–H groups in total. The molecule has 2 aliphatic rings. The molecule has 0 aliphatic carbocycles. The lowest BCUT2D eigenvalue weighted by molar-refractivity contribution is 0.469. The van der Waals surface area contributed by atoms with E-state index in [0.717, 1.165) is 25.9 Å². The second kappa shape index (κ2) is 6.21. The zero-order valence-corrected chi connectivity index (χ0v) is 14.8. The first-order valence-electron chi connectivity index (χ1n) is 9.53. The topological polar surface area (TPSA) is 23.5 Å². The van der Waals surface area contributed by atoms with E-state index in [1.54, 1.807) is 0 Å². The largest absolute Gasteiger partial charge is 0.508 e. The summed E-state index contributed by atoms with van der Waals surface area (Å²) in [5.41, 5.74) is 6.64. The van der Waals surface area contributed by atoms with Crippen LogP contribution in [0.5, 0.6) is 5.75 Å². The van der Waals surface area contributed by atoms with Crippen molar-refractivity contribution in [3.8, 4) is 5.75 Å². The molecule has 26 heavy (non-hydrogen) atoms. The van der Waals surface area contributed by atoms with E-state index < -0.39 is 0 Å². The summed E-state index contributed by atoms with van der Waals surface area (Å²) in [6.45, 7) is 2.18. The summed E-state index contributed by atoms with van der Waals surface area (Å²) in [5.74, 6) is 1.12. The average molecular weight is 341 g/mol. The van der Waals surface area contributed by atoms with Gasteiger partial charge in [-0.05, 0) is 47.2 Å². The Morgan fingerprint density at radius 3 is 1.62 bits per heavy atom. The van der Waals surface area contributed by atoms with Crippen molar-refractivity contribution < 1.29 is 5.11 Å². The number of nitrogens with zero attached hydrogens (tertiary/aromatic N) is 1. The maximum Gasteiger partial charge on any atom is 0.116 e. The highest BCUT2D eigenvalue weighted by Crippen LogP contribution is 2.49. The van der Waals surface area contributed by atoms with Crippen LogP contribution in [-0.2, 0) is 0 Å². The normalized spacial score (nSPS) is 21.3. The van der Waals surface area contributed by atoms with Crippen LogP contribution in [0.1, 0.15) is 46.9 Å². The smallest absolute Gasteiger partial charge is 0.116 e. The molecule has 0 fully saturated rings. The SMILES string of the molecule is Oc1cc2c3c(c1)C(c1ccccc1)CCN3CCC2c1ccccc1. The molecular formula is C24H23NO. The summed E-state index contributed by atoms with van der Waals surface area (Å²) < 4.78 is 0. The molecule has 3 aromatic rings. The van der Waals surface area contributed by atoms with Gasteiger partial charge in [-0.1, -0.05) is 60.7 Å². The molecule has 2 atom stereocenters. The molecule has 5 rings (SSSR count). The lowest BCUT2D eigenvalue weighted by Crippen LogP contribution is -2.37. The Hall–Kier alpha value is -2.74. The van der Waals surface area contributed by atoms with E-state index >= 15 is 0 Å². The van der Waals surface area contributed by atoms with Crippen molar-refractivity contribution >= 4 is 5.69 Å². The highest BCUT2D eigenvalue weighted by molar-refractivity contribution is 5.70. The third-order valence-corrected chi connectivity index (χ3v) is 6.00. The number of hydrogen-bond donors (Lipinski definition) is 1. The third-order valence-electron chi connectivity index (χ3n) is 6.00. The molecule has 0 amide bonds. The fraction of sp³-hybridized carbons (Fsp3) is 0.250. The van der Waals surface area contributed by atoms with Gasteiger partial charge in [0.1, 0.15) is 5.75 Å². The Kier molecular flexibility index (Phi) is 3.70. The lowest BCUT2D eigenvalue weighted by atomic mass is 9.76. The van der Waals surface area contributed by atoms with Gasteiger partial charge in [0.15, 0.2) is 0 Å². The Labute approximate surface area is 154 Å². The van der Waals surface area contributed by atoms with Crippen molar-refractivity contribution in [2.75, 3.05) is 18.0 Å². The number of phenolic OH excluding ortho intramolecular Hbond substituents is 1. The van der Waals surface area contributed by atoms with Crippen molar-refractivity contribution in [3.05, 3.63) is 95.1 Å². The van der Waals surface area contributed by atoms with Crippen molar-refractivity contribution in [3.63, 3.8) is 0 Å². The van der Waals surface area contributed by atoms with Crippen LogP contribution < -0.4 is 4.90 Å². The van der Waals surface area contributed by atoms with Gasteiger partial charge in [-0.15, -0.1) is 0 Å². The quantitative estimate of drug-likeness (QED) is 0.686. The van der Waals surface area contributed by atoms with E-state index in [4.69, 9.17) is 0 Å². The minimum absolute atomic E-state index is 0.364. The molecule has 2 aliphatic heterocycles. The van der Waals surface area contributed by atoms with Gasteiger partial charge in [-0.2, -0.15) is 0 Å². The standard InChI is InChI=1S/C24H23NO/c26-19-15-22-20(17-7-3-1-4-8-17)11-13-25-14-12-21(23(16-19)24(22)25)18-9-5-2-6-10-18/h1-10,15-16,20-21,26H,11-14H2.